The topological polar surface area (TPSA) is 67.9 Å². The van der Waals surface area contributed by atoms with Crippen LogP contribution in [0.2, 0.25) is 0 Å². The first-order chi connectivity index (χ1) is 65.9. The minimum atomic E-state index is -0.596. The first kappa shape index (κ1) is 76.7. The quantitative estimate of drug-likeness (QED) is 0.129. The molecule has 0 N–H and O–H groups in total. The van der Waals surface area contributed by atoms with Crippen LogP contribution in [0.15, 0.2) is 479 Å². The third-order valence-corrected chi connectivity index (χ3v) is 27.9. The molecule has 0 bridgehead atoms. The zero-order valence-electron chi connectivity index (χ0n) is 72.7. The predicted molar refractivity (Wildman–Crippen MR) is 547 cm³/mol. The Hall–Kier alpha value is -17.5. The lowest BCUT2D eigenvalue weighted by molar-refractivity contribution is 0.749. The number of nitrogens with zero attached hydrogens (tertiary/aromatic N) is 8. The van der Waals surface area contributed by atoms with E-state index in [9.17, 15) is 0 Å². The Bertz CT molecular complexity index is 8370. The molecule has 0 saturated carbocycles. The average Bonchev–Trinajstić information content (AvgIpc) is 1.55. The highest BCUT2D eigenvalue weighted by molar-refractivity contribution is 6.13. The summed E-state index contributed by atoms with van der Waals surface area (Å²) in [4.78, 5) is 26.1. The molecule has 2 aliphatic heterocycles. The van der Waals surface area contributed by atoms with Gasteiger partial charge >= 0.3 is 0 Å². The molecule has 6 heterocycles. The number of hydrogen-bond donors (Lipinski definition) is 0. The van der Waals surface area contributed by atoms with E-state index < -0.39 is 10.8 Å². The van der Waals surface area contributed by atoms with Crippen LogP contribution in [0.3, 0.4) is 0 Å². The molecule has 0 amide bonds. The molecule has 0 unspecified atom stereocenters. The minimum absolute atomic E-state index is 0.584. The summed E-state index contributed by atoms with van der Waals surface area (Å²) < 4.78 is 4.79. The zero-order valence-corrected chi connectivity index (χ0v) is 72.7. The number of anilines is 6. The van der Waals surface area contributed by atoms with Gasteiger partial charge in [0.15, 0.2) is 0 Å². The van der Waals surface area contributed by atoms with E-state index >= 15 is 0 Å². The van der Waals surface area contributed by atoms with Gasteiger partial charge in [-0.15, -0.1) is 0 Å². The summed E-state index contributed by atoms with van der Waals surface area (Å²) in [5.74, 6) is 1.27. The third kappa shape index (κ3) is 12.1. The first-order valence-electron chi connectivity index (χ1n) is 45.6. The Labute approximate surface area is 770 Å². The maximum absolute atomic E-state index is 5.39. The van der Waals surface area contributed by atoms with Gasteiger partial charge < -0.3 is 9.13 Å². The van der Waals surface area contributed by atoms with Crippen LogP contribution in [-0.4, -0.2) is 29.1 Å². The molecular weight excluding hydrogens is 1610 g/mol. The monoisotopic (exact) mass is 1690 g/mol. The van der Waals surface area contributed by atoms with E-state index in [1.807, 2.05) is 24.3 Å². The van der Waals surface area contributed by atoms with Crippen LogP contribution in [0.1, 0.15) is 50.1 Å². The smallest absolute Gasteiger partial charge is 0.235 e. The fraction of sp³-hybridized carbons (Fsp3) is 0.0240. The van der Waals surface area contributed by atoms with E-state index in [4.69, 9.17) is 19.9 Å². The zero-order chi connectivity index (χ0) is 87.8. The largest absolute Gasteiger partial charge is 0.309 e. The Kier molecular flexibility index (Phi) is 17.8. The van der Waals surface area contributed by atoms with E-state index in [0.29, 0.717) is 11.9 Å². The second kappa shape index (κ2) is 30.9. The van der Waals surface area contributed by atoms with Crippen molar-refractivity contribution in [3.05, 3.63) is 529 Å². The fourth-order valence-corrected chi connectivity index (χ4v) is 22.1. The van der Waals surface area contributed by atoms with Gasteiger partial charge in [-0.05, 0) is 216 Å². The molecule has 133 heavy (non-hydrogen) atoms. The van der Waals surface area contributed by atoms with Crippen molar-refractivity contribution in [3.8, 4) is 112 Å². The Morgan fingerprint density at radius 2 is 0.444 bits per heavy atom. The highest BCUT2D eigenvalue weighted by Crippen LogP contribution is 2.66. The molecule has 2 spiro atoms. The summed E-state index contributed by atoms with van der Waals surface area (Å²) in [6.45, 7) is 2.14. The van der Waals surface area contributed by atoms with Crippen LogP contribution < -0.4 is 9.80 Å². The highest BCUT2D eigenvalue weighted by Gasteiger charge is 2.54. The molecule has 23 aromatic rings. The molecule has 622 valence electrons. The van der Waals surface area contributed by atoms with Crippen LogP contribution in [0.4, 0.5) is 34.6 Å². The molecule has 4 aromatic heterocycles. The van der Waals surface area contributed by atoms with Crippen LogP contribution in [0.5, 0.6) is 0 Å². The summed E-state index contributed by atoms with van der Waals surface area (Å²) in [6, 6.07) is 174. The lowest BCUT2D eigenvalue weighted by atomic mass is 9.64. The molecule has 0 radical (unpaired) electrons. The summed E-state index contributed by atoms with van der Waals surface area (Å²) in [7, 11) is 0. The van der Waals surface area contributed by atoms with E-state index in [1.165, 1.54) is 155 Å². The molecular formula is C125H82N8. The van der Waals surface area contributed by atoms with E-state index in [1.54, 1.807) is 0 Å². The molecule has 4 aliphatic rings. The molecule has 0 fully saturated rings. The lowest BCUT2D eigenvalue weighted by Gasteiger charge is -2.44. The first-order valence-corrected chi connectivity index (χ1v) is 45.6. The molecule has 0 saturated heterocycles. The van der Waals surface area contributed by atoms with Crippen molar-refractivity contribution in [3.63, 3.8) is 0 Å². The van der Waals surface area contributed by atoms with Gasteiger partial charge in [0, 0.05) is 55.2 Å². The highest BCUT2D eigenvalue weighted by atomic mass is 15.3. The van der Waals surface area contributed by atoms with Crippen LogP contribution in [0, 0.1) is 6.92 Å². The van der Waals surface area contributed by atoms with Crippen molar-refractivity contribution in [2.24, 2.45) is 0 Å². The maximum atomic E-state index is 5.39. The van der Waals surface area contributed by atoms with Gasteiger partial charge in [-0.25, -0.2) is 19.9 Å². The third-order valence-electron chi connectivity index (χ3n) is 27.9. The van der Waals surface area contributed by atoms with E-state index in [0.717, 1.165) is 73.5 Å². The van der Waals surface area contributed by atoms with Gasteiger partial charge in [-0.3, -0.25) is 9.80 Å². The second-order valence-corrected chi connectivity index (χ2v) is 35.1. The van der Waals surface area contributed by atoms with Crippen molar-refractivity contribution in [1.82, 2.24) is 29.1 Å². The normalized spacial score (nSPS) is 13.1. The number of para-hydroxylation sites is 6. The number of rotatable bonds is 11. The van der Waals surface area contributed by atoms with Crippen molar-refractivity contribution >= 4 is 78.3 Å². The maximum Gasteiger partial charge on any atom is 0.235 e. The van der Waals surface area contributed by atoms with Crippen molar-refractivity contribution in [1.29, 1.82) is 0 Å². The van der Waals surface area contributed by atoms with E-state index in [-0.39, 0.29) is 0 Å². The van der Waals surface area contributed by atoms with Crippen LogP contribution in [-0.2, 0) is 10.8 Å². The number of fused-ring (bicyclic) bond motifs is 24. The summed E-state index contributed by atoms with van der Waals surface area (Å²) >= 11 is 0. The standard InChI is InChI=1S/C65H42N4.C60H40N4/c1-4-18-43(19-5-1)44-32-36-49(37-33-44)68-60-29-15-11-25-51(60)53-41-48(35-39-61(53)68)47-34-38-55-52(40-47)50-24-10-12-26-54(50)65(55)56-27-13-16-30-62(56)69(63-31-17-14-28-57(63)65)64-66-58(45-20-6-2-7-21-45)42-59(67-64)46-22-8-3-9-23-46;1-39-28-32-44(33-29-39)63-55-25-13-9-21-46(55)48-37-43(31-35-56(48)63)42-30-34-50-47(36-42)45-20-8-10-22-49(45)60(50)51-23-11-14-26-57(51)64(58-27-15-12-24-52(58)60)59-61-53(40-16-4-2-5-17-40)38-54(62-59)41-18-6-3-7-19-41/h1-42H;2-38H,1H3. The molecule has 27 rings (SSSR count). The number of hydrogen-bond acceptors (Lipinski definition) is 6. The number of benzene rings is 19. The lowest BCUT2D eigenvalue weighted by Crippen LogP contribution is -2.36. The number of aryl methyl sites for hydroxylation is 1. The van der Waals surface area contributed by atoms with E-state index in [2.05, 4.69) is 481 Å². The van der Waals surface area contributed by atoms with Crippen LogP contribution >= 0.6 is 0 Å². The van der Waals surface area contributed by atoms with Gasteiger partial charge in [-0.2, -0.15) is 0 Å². The van der Waals surface area contributed by atoms with Crippen molar-refractivity contribution < 1.29 is 0 Å². The minimum Gasteiger partial charge on any atom is -0.309 e. The molecule has 19 aromatic carbocycles. The molecule has 8 nitrogen and oxygen atoms in total. The number of aromatic nitrogens is 6. The summed E-state index contributed by atoms with van der Waals surface area (Å²) in [6.07, 6.45) is 0. The van der Waals surface area contributed by atoms with Gasteiger partial charge in [-0.1, -0.05) is 376 Å². The molecule has 0 atom stereocenters. The fourth-order valence-electron chi connectivity index (χ4n) is 22.1. The van der Waals surface area contributed by atoms with Gasteiger partial charge in [0.25, 0.3) is 0 Å². The molecule has 2 aliphatic carbocycles. The van der Waals surface area contributed by atoms with Gasteiger partial charge in [0.05, 0.1) is 78.4 Å². The predicted octanol–water partition coefficient (Wildman–Crippen LogP) is 31.4. The Morgan fingerprint density at radius 1 is 0.180 bits per heavy atom. The Morgan fingerprint density at radius 3 is 0.812 bits per heavy atom. The average molecular weight is 1700 g/mol. The summed E-state index contributed by atoms with van der Waals surface area (Å²) in [5.41, 5.74) is 41.2. The second-order valence-electron chi connectivity index (χ2n) is 35.1. The summed E-state index contributed by atoms with van der Waals surface area (Å²) in [5, 5.41) is 4.97. The van der Waals surface area contributed by atoms with Crippen molar-refractivity contribution in [2.75, 3.05) is 9.80 Å². The Balaban J connectivity index is 0.000000139. The van der Waals surface area contributed by atoms with Gasteiger partial charge in [0.2, 0.25) is 11.9 Å². The van der Waals surface area contributed by atoms with Gasteiger partial charge in [0.1, 0.15) is 0 Å². The molecule has 8 heteroatoms. The van der Waals surface area contributed by atoms with Crippen LogP contribution in [0.25, 0.3) is 156 Å². The van der Waals surface area contributed by atoms with Crippen molar-refractivity contribution in [2.45, 2.75) is 17.8 Å². The SMILES string of the molecule is Cc1ccc(-n2c3ccccc3c3cc(-c4ccc5c(c4)-c4ccccc4C54c5ccccc5N(c5nc(-c6ccccc6)cc(-c6ccccc6)n5)c5ccccc54)ccc32)cc1.c1ccc(-c2ccc(-n3c4ccccc4c4cc(-c5ccc6c(c5)-c5ccccc5C65c6ccccc6N(c6nc(-c7ccccc7)cc(-c7ccccc7)n6)c6ccccc65)ccc43)cc2)cc1.